The summed E-state index contributed by atoms with van der Waals surface area (Å²) in [6, 6.07) is 9.93. The van der Waals surface area contributed by atoms with Gasteiger partial charge in [-0.15, -0.1) is 5.10 Å². The molecule has 2 fully saturated rings. The van der Waals surface area contributed by atoms with Crippen LogP contribution in [-0.4, -0.2) is 74.0 Å². The quantitative estimate of drug-likeness (QED) is 0.373. The minimum absolute atomic E-state index is 0.0679. The smallest absolute Gasteiger partial charge is 0.343 e. The number of hydrogen-bond acceptors (Lipinski definition) is 7. The van der Waals surface area contributed by atoms with Gasteiger partial charge in [0.05, 0.1) is 23.7 Å². The zero-order chi connectivity index (χ0) is 28.7. The number of likely N-dealkylation sites (tertiary alicyclic amines) is 1. The predicted molar refractivity (Wildman–Crippen MR) is 155 cm³/mol. The molecule has 5 rings (SSSR count). The van der Waals surface area contributed by atoms with Crippen LogP contribution < -0.4 is 16.0 Å². The molecule has 1 saturated heterocycles. The molecule has 1 saturated carbocycles. The summed E-state index contributed by atoms with van der Waals surface area (Å²) in [4.78, 5) is 32.4. The number of hydrogen-bond donors (Lipinski definition) is 4. The number of aliphatic hydroxyl groups is 1. The number of pyridine rings is 1. The molecular weight excluding hydrogens is 506 g/mol. The number of nitrogens with zero attached hydrogens (tertiary/aromatic N) is 4. The molecule has 0 unspecified atom stereocenters. The Hall–Kier alpha value is -3.50. The van der Waals surface area contributed by atoms with Crippen molar-refractivity contribution in [2.24, 2.45) is 0 Å². The van der Waals surface area contributed by atoms with E-state index in [9.17, 15) is 14.7 Å². The van der Waals surface area contributed by atoms with Crippen LogP contribution in [-0.2, 0) is 10.4 Å². The minimum atomic E-state index is -0.801. The number of fused-ring (bicyclic) bond motifs is 1. The molecule has 10 nitrogen and oxygen atoms in total. The highest BCUT2D eigenvalue weighted by Crippen LogP contribution is 2.39. The molecule has 214 valence electrons. The first-order chi connectivity index (χ1) is 18.9. The Labute approximate surface area is 235 Å². The summed E-state index contributed by atoms with van der Waals surface area (Å²) in [6.45, 7) is 11.4. The Morgan fingerprint density at radius 2 is 1.82 bits per heavy atom. The second-order valence-electron chi connectivity index (χ2n) is 12.5. The van der Waals surface area contributed by atoms with Gasteiger partial charge in [-0.05, 0) is 78.5 Å². The summed E-state index contributed by atoms with van der Waals surface area (Å²) >= 11 is 0. The normalized spacial score (nSPS) is 22.1. The molecule has 1 aromatic carbocycles. The summed E-state index contributed by atoms with van der Waals surface area (Å²) in [5.41, 5.74) is 2.38. The maximum atomic E-state index is 12.8. The van der Waals surface area contributed by atoms with Gasteiger partial charge in [0.25, 0.3) is 0 Å². The van der Waals surface area contributed by atoms with Crippen LogP contribution in [0.4, 0.5) is 10.6 Å². The van der Waals surface area contributed by atoms with Gasteiger partial charge in [0, 0.05) is 47.5 Å². The monoisotopic (exact) mass is 547 g/mol. The van der Waals surface area contributed by atoms with Crippen LogP contribution in [0.1, 0.15) is 63.3 Å². The van der Waals surface area contributed by atoms with E-state index in [2.05, 4.69) is 30.9 Å². The lowest BCUT2D eigenvalue weighted by Crippen LogP contribution is -2.63. The lowest BCUT2D eigenvalue weighted by Gasteiger charge is -2.48. The predicted octanol–water partition coefficient (Wildman–Crippen LogP) is 3.45. The summed E-state index contributed by atoms with van der Waals surface area (Å²) in [5.74, 6) is 0.399. The van der Waals surface area contributed by atoms with E-state index < -0.39 is 11.1 Å². The molecule has 2 amide bonds. The molecule has 0 bridgehead atoms. The average Bonchev–Trinajstić information content (AvgIpc) is 3.22. The molecular formula is C30H41N7O3. The van der Waals surface area contributed by atoms with E-state index in [0.717, 1.165) is 48.1 Å². The van der Waals surface area contributed by atoms with Crippen molar-refractivity contribution in [3.8, 4) is 0 Å². The molecule has 2 aromatic heterocycles. The zero-order valence-electron chi connectivity index (χ0n) is 24.1. The Morgan fingerprint density at radius 3 is 2.48 bits per heavy atom. The average molecular weight is 548 g/mol. The molecule has 1 aliphatic carbocycles. The highest BCUT2D eigenvalue weighted by atomic mass is 16.3. The number of aryl methyl sites for hydroxylation is 2. The van der Waals surface area contributed by atoms with Crippen LogP contribution in [0.25, 0.3) is 10.9 Å². The third-order valence-corrected chi connectivity index (χ3v) is 7.95. The van der Waals surface area contributed by atoms with Gasteiger partial charge in [-0.3, -0.25) is 14.7 Å². The van der Waals surface area contributed by atoms with E-state index in [1.54, 1.807) is 6.20 Å². The molecule has 4 N–H and O–H groups in total. The van der Waals surface area contributed by atoms with Crippen LogP contribution in [0.5, 0.6) is 0 Å². The number of carbonyl (C=O) groups excluding carboxylic acids is 2. The third-order valence-electron chi connectivity index (χ3n) is 7.95. The van der Waals surface area contributed by atoms with E-state index in [1.165, 1.54) is 4.68 Å². The number of amides is 2. The summed E-state index contributed by atoms with van der Waals surface area (Å²) in [7, 11) is 0. The van der Waals surface area contributed by atoms with Crippen molar-refractivity contribution in [3.05, 3.63) is 53.3 Å². The van der Waals surface area contributed by atoms with Crippen molar-refractivity contribution in [1.82, 2.24) is 30.3 Å². The Balaban J connectivity index is 1.11. The van der Waals surface area contributed by atoms with Crippen LogP contribution >= 0.6 is 0 Å². The first-order valence-corrected chi connectivity index (χ1v) is 14.1. The van der Waals surface area contributed by atoms with Crippen molar-refractivity contribution in [3.63, 3.8) is 0 Å². The lowest BCUT2D eigenvalue weighted by molar-refractivity contribution is -0.121. The van der Waals surface area contributed by atoms with Crippen LogP contribution in [0.3, 0.4) is 0 Å². The number of carbonyl (C=O) groups is 2. The Bertz CT molecular complexity index is 1380. The maximum Gasteiger partial charge on any atom is 0.343 e. The SMILES string of the molecule is Cc1ccc2c(c1)c(NCC(=O)NC1CN([C@H]3CC[C@@](O)(c4ccc(C)nc4)CC3)C1)nn2C(=O)NC(C)(C)C. The minimum Gasteiger partial charge on any atom is -0.385 e. The molecule has 1 aliphatic heterocycles. The highest BCUT2D eigenvalue weighted by molar-refractivity contribution is 5.98. The summed E-state index contributed by atoms with van der Waals surface area (Å²) in [5, 5.41) is 25.6. The third kappa shape index (κ3) is 6.13. The van der Waals surface area contributed by atoms with E-state index in [0.29, 0.717) is 30.2 Å². The number of nitrogens with one attached hydrogen (secondary N) is 3. The molecule has 2 aliphatic rings. The van der Waals surface area contributed by atoms with Gasteiger partial charge in [0.2, 0.25) is 5.91 Å². The number of aromatic nitrogens is 3. The van der Waals surface area contributed by atoms with Crippen LogP contribution in [0.15, 0.2) is 36.5 Å². The van der Waals surface area contributed by atoms with Crippen molar-refractivity contribution in [2.75, 3.05) is 25.0 Å². The Kier molecular flexibility index (Phi) is 7.58. The zero-order valence-corrected chi connectivity index (χ0v) is 24.1. The lowest BCUT2D eigenvalue weighted by atomic mass is 9.77. The van der Waals surface area contributed by atoms with Crippen molar-refractivity contribution < 1.29 is 14.7 Å². The molecule has 0 atom stereocenters. The van der Waals surface area contributed by atoms with E-state index in [-0.39, 0.29) is 24.5 Å². The first kappa shape index (κ1) is 28.0. The molecule has 3 aromatic rings. The molecule has 40 heavy (non-hydrogen) atoms. The van der Waals surface area contributed by atoms with Gasteiger partial charge in [-0.25, -0.2) is 4.79 Å². The van der Waals surface area contributed by atoms with E-state index in [1.807, 2.05) is 65.0 Å². The fourth-order valence-electron chi connectivity index (χ4n) is 5.71. The van der Waals surface area contributed by atoms with E-state index in [4.69, 9.17) is 0 Å². The largest absolute Gasteiger partial charge is 0.385 e. The topological polar surface area (TPSA) is 124 Å². The van der Waals surface area contributed by atoms with Crippen molar-refractivity contribution in [2.45, 2.75) is 83.5 Å². The van der Waals surface area contributed by atoms with Gasteiger partial charge in [0.1, 0.15) is 0 Å². The van der Waals surface area contributed by atoms with Crippen molar-refractivity contribution in [1.29, 1.82) is 0 Å². The second kappa shape index (κ2) is 10.8. The summed E-state index contributed by atoms with van der Waals surface area (Å²) in [6.07, 6.45) is 5.07. The first-order valence-electron chi connectivity index (χ1n) is 14.1. The molecule has 10 heteroatoms. The maximum absolute atomic E-state index is 12.8. The number of benzene rings is 1. The van der Waals surface area contributed by atoms with Crippen molar-refractivity contribution >= 4 is 28.7 Å². The van der Waals surface area contributed by atoms with Gasteiger partial charge in [-0.1, -0.05) is 17.7 Å². The molecule has 3 heterocycles. The summed E-state index contributed by atoms with van der Waals surface area (Å²) < 4.78 is 1.35. The molecule has 0 spiro atoms. The van der Waals surface area contributed by atoms with E-state index >= 15 is 0 Å². The second-order valence-corrected chi connectivity index (χ2v) is 12.5. The highest BCUT2D eigenvalue weighted by Gasteiger charge is 2.40. The van der Waals surface area contributed by atoms with Gasteiger partial charge < -0.3 is 21.1 Å². The van der Waals surface area contributed by atoms with Crippen LogP contribution in [0, 0.1) is 13.8 Å². The number of anilines is 1. The van der Waals surface area contributed by atoms with Crippen LogP contribution in [0.2, 0.25) is 0 Å². The van der Waals surface area contributed by atoms with Gasteiger partial charge in [0.15, 0.2) is 5.82 Å². The van der Waals surface area contributed by atoms with Gasteiger partial charge >= 0.3 is 6.03 Å². The number of rotatable bonds is 6. The van der Waals surface area contributed by atoms with Gasteiger partial charge in [-0.2, -0.15) is 4.68 Å². The molecule has 0 radical (unpaired) electrons. The Morgan fingerprint density at radius 1 is 1.10 bits per heavy atom. The standard InChI is InChI=1S/C30H41N7O3/c1-19-6-9-25-24(14-19)27(35-37(25)28(39)34-29(3,4)5)32-16-26(38)33-22-17-36(18-22)23-10-12-30(40,13-11-23)21-8-7-20(2)31-15-21/h6-9,14-15,22-23,40H,10-13,16-18H2,1-5H3,(H,32,35)(H,33,38)(H,34,39)/t23-,30-. The fraction of sp³-hybridized carbons (Fsp3) is 0.533. The fourth-order valence-corrected chi connectivity index (χ4v) is 5.71.